The first kappa shape index (κ1) is 15.0. The molecule has 1 heterocycles. The van der Waals surface area contributed by atoms with Gasteiger partial charge in [0.25, 0.3) is 11.1 Å². The van der Waals surface area contributed by atoms with Crippen molar-refractivity contribution in [3.8, 4) is 0 Å². The molecule has 0 aliphatic rings. The van der Waals surface area contributed by atoms with E-state index in [0.29, 0.717) is 10.8 Å². The molecule has 0 atom stereocenters. The van der Waals surface area contributed by atoms with Crippen LogP contribution in [0.5, 0.6) is 0 Å². The number of carbonyl (C=O) groups is 1. The Labute approximate surface area is 121 Å². The number of nitrogens with zero attached hydrogens (tertiary/aromatic N) is 1. The summed E-state index contributed by atoms with van der Waals surface area (Å²) >= 11 is 0. The standard InChI is InChI=1S/C15H19N3O3/c1-4-15(2,3)16-12(19)9-18-14(21)11-8-6-5-7-10(11)13(20)17-18/h5-8H,4,9H2,1-3H3,(H,16,19)(H,17,20). The zero-order valence-corrected chi connectivity index (χ0v) is 12.4. The molecule has 2 rings (SSSR count). The number of carbonyl (C=O) groups excluding carboxylic acids is 1. The minimum absolute atomic E-state index is 0.206. The molecule has 1 aromatic heterocycles. The van der Waals surface area contributed by atoms with E-state index >= 15 is 0 Å². The Morgan fingerprint density at radius 3 is 2.48 bits per heavy atom. The lowest BCUT2D eigenvalue weighted by Gasteiger charge is -2.24. The van der Waals surface area contributed by atoms with Crippen molar-refractivity contribution in [3.05, 3.63) is 45.0 Å². The summed E-state index contributed by atoms with van der Waals surface area (Å²) in [6.45, 7) is 5.56. The number of aromatic nitrogens is 2. The molecule has 0 unspecified atom stereocenters. The Kier molecular flexibility index (Phi) is 3.97. The van der Waals surface area contributed by atoms with Crippen LogP contribution in [0, 0.1) is 0 Å². The summed E-state index contributed by atoms with van der Waals surface area (Å²) in [5.74, 6) is -0.310. The molecule has 1 aromatic carbocycles. The van der Waals surface area contributed by atoms with Crippen molar-refractivity contribution >= 4 is 16.7 Å². The smallest absolute Gasteiger partial charge is 0.273 e. The highest BCUT2D eigenvalue weighted by atomic mass is 16.2. The fourth-order valence-corrected chi connectivity index (χ4v) is 2.01. The number of amides is 1. The third kappa shape index (κ3) is 3.21. The summed E-state index contributed by atoms with van der Waals surface area (Å²) in [4.78, 5) is 36.2. The van der Waals surface area contributed by atoms with Gasteiger partial charge in [-0.1, -0.05) is 19.1 Å². The molecule has 0 aliphatic heterocycles. The van der Waals surface area contributed by atoms with Crippen LogP contribution in [-0.2, 0) is 11.3 Å². The van der Waals surface area contributed by atoms with Gasteiger partial charge in [-0.2, -0.15) is 0 Å². The van der Waals surface area contributed by atoms with Crippen molar-refractivity contribution in [1.82, 2.24) is 15.1 Å². The fourth-order valence-electron chi connectivity index (χ4n) is 2.01. The second-order valence-electron chi connectivity index (χ2n) is 5.66. The first-order valence-corrected chi connectivity index (χ1v) is 6.87. The summed E-state index contributed by atoms with van der Waals surface area (Å²) < 4.78 is 1.05. The van der Waals surface area contributed by atoms with Crippen molar-refractivity contribution < 1.29 is 4.79 Å². The average Bonchev–Trinajstić information content (AvgIpc) is 2.44. The van der Waals surface area contributed by atoms with Crippen molar-refractivity contribution in [2.75, 3.05) is 0 Å². The van der Waals surface area contributed by atoms with Gasteiger partial charge in [0.15, 0.2) is 0 Å². The van der Waals surface area contributed by atoms with Crippen LogP contribution in [0.2, 0.25) is 0 Å². The van der Waals surface area contributed by atoms with E-state index < -0.39 is 0 Å². The summed E-state index contributed by atoms with van der Waals surface area (Å²) in [6.07, 6.45) is 0.766. The van der Waals surface area contributed by atoms with Crippen LogP contribution >= 0.6 is 0 Å². The van der Waals surface area contributed by atoms with Crippen molar-refractivity contribution in [1.29, 1.82) is 0 Å². The summed E-state index contributed by atoms with van der Waals surface area (Å²) in [7, 11) is 0. The number of nitrogens with one attached hydrogen (secondary N) is 2. The van der Waals surface area contributed by atoms with Crippen LogP contribution in [-0.4, -0.2) is 21.2 Å². The zero-order chi connectivity index (χ0) is 15.6. The molecule has 2 N–H and O–H groups in total. The molecular formula is C15H19N3O3. The van der Waals surface area contributed by atoms with Crippen LogP contribution in [0.15, 0.2) is 33.9 Å². The third-order valence-electron chi connectivity index (χ3n) is 3.55. The van der Waals surface area contributed by atoms with Crippen LogP contribution in [0.25, 0.3) is 10.8 Å². The Bertz CT molecular complexity index is 787. The molecule has 21 heavy (non-hydrogen) atoms. The van der Waals surface area contributed by atoms with E-state index in [1.54, 1.807) is 24.3 Å². The molecule has 0 saturated carbocycles. The molecular weight excluding hydrogens is 270 g/mol. The van der Waals surface area contributed by atoms with E-state index in [1.165, 1.54) is 0 Å². The maximum Gasteiger partial charge on any atom is 0.273 e. The number of aromatic amines is 1. The lowest BCUT2D eigenvalue weighted by Crippen LogP contribution is -2.46. The molecule has 0 radical (unpaired) electrons. The van der Waals surface area contributed by atoms with Gasteiger partial charge in [0, 0.05) is 5.54 Å². The van der Waals surface area contributed by atoms with Crippen molar-refractivity contribution in [2.24, 2.45) is 0 Å². The van der Waals surface area contributed by atoms with E-state index in [9.17, 15) is 14.4 Å². The highest BCUT2D eigenvalue weighted by molar-refractivity contribution is 5.81. The van der Waals surface area contributed by atoms with Crippen molar-refractivity contribution in [2.45, 2.75) is 39.3 Å². The van der Waals surface area contributed by atoms with Gasteiger partial charge in [0.05, 0.1) is 10.8 Å². The lowest BCUT2D eigenvalue weighted by molar-refractivity contribution is -0.123. The molecule has 0 spiro atoms. The van der Waals surface area contributed by atoms with E-state index in [-0.39, 0.29) is 29.1 Å². The van der Waals surface area contributed by atoms with E-state index in [2.05, 4.69) is 10.4 Å². The molecule has 2 aromatic rings. The quantitative estimate of drug-likeness (QED) is 0.880. The van der Waals surface area contributed by atoms with Crippen LogP contribution < -0.4 is 16.4 Å². The number of benzene rings is 1. The van der Waals surface area contributed by atoms with Crippen LogP contribution in [0.1, 0.15) is 27.2 Å². The number of hydrogen-bond donors (Lipinski definition) is 2. The maximum atomic E-state index is 12.3. The molecule has 1 amide bonds. The van der Waals surface area contributed by atoms with Gasteiger partial charge in [-0.15, -0.1) is 0 Å². The van der Waals surface area contributed by atoms with Gasteiger partial charge in [-0.05, 0) is 32.4 Å². The predicted octanol–water partition coefficient (Wildman–Crippen LogP) is 0.995. The normalized spacial score (nSPS) is 11.6. The van der Waals surface area contributed by atoms with Gasteiger partial charge in [0.2, 0.25) is 5.91 Å². The fraction of sp³-hybridized carbons (Fsp3) is 0.400. The number of H-pyrrole nitrogens is 1. The highest BCUT2D eigenvalue weighted by Crippen LogP contribution is 2.06. The molecule has 6 nitrogen and oxygen atoms in total. The molecule has 0 aliphatic carbocycles. The van der Waals surface area contributed by atoms with E-state index in [4.69, 9.17) is 0 Å². The topological polar surface area (TPSA) is 84.0 Å². The zero-order valence-electron chi connectivity index (χ0n) is 12.4. The molecule has 0 fully saturated rings. The first-order chi connectivity index (χ1) is 9.84. The van der Waals surface area contributed by atoms with Gasteiger partial charge in [-0.25, -0.2) is 4.68 Å². The minimum Gasteiger partial charge on any atom is -0.350 e. The Morgan fingerprint density at radius 1 is 1.24 bits per heavy atom. The molecule has 6 heteroatoms. The third-order valence-corrected chi connectivity index (χ3v) is 3.55. The maximum absolute atomic E-state index is 12.3. The summed E-state index contributed by atoms with van der Waals surface area (Å²) in [6, 6.07) is 6.54. The van der Waals surface area contributed by atoms with Gasteiger partial charge in [-0.3, -0.25) is 19.5 Å². The van der Waals surface area contributed by atoms with Crippen LogP contribution in [0.3, 0.4) is 0 Å². The van der Waals surface area contributed by atoms with Crippen molar-refractivity contribution in [3.63, 3.8) is 0 Å². The second kappa shape index (κ2) is 5.55. The average molecular weight is 289 g/mol. The number of fused-ring (bicyclic) bond motifs is 1. The molecule has 0 saturated heterocycles. The Morgan fingerprint density at radius 2 is 1.86 bits per heavy atom. The van der Waals surface area contributed by atoms with Gasteiger partial charge < -0.3 is 5.32 Å². The largest absolute Gasteiger partial charge is 0.350 e. The predicted molar refractivity (Wildman–Crippen MR) is 81.3 cm³/mol. The molecule has 112 valence electrons. The number of rotatable bonds is 4. The molecule has 0 bridgehead atoms. The second-order valence-corrected chi connectivity index (χ2v) is 5.66. The first-order valence-electron chi connectivity index (χ1n) is 6.87. The Hall–Kier alpha value is -2.37. The SMILES string of the molecule is CCC(C)(C)NC(=O)Cn1[nH]c(=O)c2ccccc2c1=O. The Balaban J connectivity index is 2.36. The van der Waals surface area contributed by atoms with Gasteiger partial charge in [0.1, 0.15) is 6.54 Å². The van der Waals surface area contributed by atoms with E-state index in [1.807, 2.05) is 20.8 Å². The highest BCUT2D eigenvalue weighted by Gasteiger charge is 2.18. The summed E-state index contributed by atoms with van der Waals surface area (Å²) in [5.41, 5.74) is -1.11. The lowest BCUT2D eigenvalue weighted by atomic mass is 10.0. The number of hydrogen-bond acceptors (Lipinski definition) is 3. The van der Waals surface area contributed by atoms with Gasteiger partial charge >= 0.3 is 0 Å². The minimum atomic E-state index is -0.382. The van der Waals surface area contributed by atoms with Crippen LogP contribution in [0.4, 0.5) is 0 Å². The summed E-state index contributed by atoms with van der Waals surface area (Å²) in [5, 5.41) is 5.91. The van der Waals surface area contributed by atoms with E-state index in [0.717, 1.165) is 11.1 Å². The monoisotopic (exact) mass is 289 g/mol.